The first-order chi connectivity index (χ1) is 8.99. The van der Waals surface area contributed by atoms with Crippen molar-refractivity contribution in [1.82, 2.24) is 15.0 Å². The van der Waals surface area contributed by atoms with Crippen molar-refractivity contribution in [3.8, 4) is 5.69 Å². The van der Waals surface area contributed by atoms with Gasteiger partial charge in [0.25, 0.3) is 0 Å². The van der Waals surface area contributed by atoms with E-state index in [1.807, 2.05) is 0 Å². The number of benzene rings is 1. The van der Waals surface area contributed by atoms with Gasteiger partial charge in [-0.25, -0.2) is 9.48 Å². The average molecular weight is 326 g/mol. The standard InChI is InChI=1S/C11H8BrN3O4/c12-6-1-3-7(4-2-6)15-8(5-9(16)17)10(11(18)19)13-14-15/h1-4H,5H2,(H,16,17)(H,18,19). The number of nitrogens with zero attached hydrogens (tertiary/aromatic N) is 3. The Morgan fingerprint density at radius 2 is 1.84 bits per heavy atom. The molecule has 0 saturated carbocycles. The average Bonchev–Trinajstić information content (AvgIpc) is 2.73. The molecule has 2 N–H and O–H groups in total. The van der Waals surface area contributed by atoms with E-state index >= 15 is 0 Å². The quantitative estimate of drug-likeness (QED) is 0.879. The summed E-state index contributed by atoms with van der Waals surface area (Å²) in [6.07, 6.45) is -0.468. The fraction of sp³-hybridized carbons (Fsp3) is 0.0909. The second-order valence-electron chi connectivity index (χ2n) is 3.65. The lowest BCUT2D eigenvalue weighted by atomic mass is 10.2. The number of rotatable bonds is 4. The van der Waals surface area contributed by atoms with E-state index in [0.717, 1.165) is 4.47 Å². The van der Waals surface area contributed by atoms with Crippen LogP contribution in [0, 0.1) is 0 Å². The van der Waals surface area contributed by atoms with Crippen LogP contribution in [-0.4, -0.2) is 37.1 Å². The number of hydrogen-bond acceptors (Lipinski definition) is 4. The molecule has 2 aromatic rings. The van der Waals surface area contributed by atoms with Crippen molar-refractivity contribution < 1.29 is 19.8 Å². The third-order valence-electron chi connectivity index (χ3n) is 2.36. The molecule has 0 aliphatic carbocycles. The SMILES string of the molecule is O=C(O)Cc1c(C(=O)O)nnn1-c1ccc(Br)cc1. The van der Waals surface area contributed by atoms with Gasteiger partial charge in [-0.05, 0) is 24.3 Å². The molecule has 0 fully saturated rings. The predicted octanol–water partition coefficient (Wildman–Crippen LogP) is 1.36. The Balaban J connectivity index is 2.53. The summed E-state index contributed by atoms with van der Waals surface area (Å²) in [7, 11) is 0. The maximum Gasteiger partial charge on any atom is 0.358 e. The van der Waals surface area contributed by atoms with E-state index in [1.165, 1.54) is 4.68 Å². The summed E-state index contributed by atoms with van der Waals surface area (Å²) in [4.78, 5) is 21.8. The molecule has 0 atom stereocenters. The van der Waals surface area contributed by atoms with Gasteiger partial charge < -0.3 is 10.2 Å². The Morgan fingerprint density at radius 3 is 2.37 bits per heavy atom. The Hall–Kier alpha value is -2.22. The minimum atomic E-state index is -1.31. The van der Waals surface area contributed by atoms with E-state index in [4.69, 9.17) is 10.2 Å². The predicted molar refractivity (Wildman–Crippen MR) is 67.4 cm³/mol. The van der Waals surface area contributed by atoms with Crippen molar-refractivity contribution >= 4 is 27.9 Å². The molecule has 0 saturated heterocycles. The molecule has 8 heteroatoms. The molecule has 7 nitrogen and oxygen atoms in total. The second-order valence-corrected chi connectivity index (χ2v) is 4.56. The third kappa shape index (κ3) is 2.79. The molecule has 1 heterocycles. The molecule has 0 amide bonds. The summed E-state index contributed by atoms with van der Waals surface area (Å²) in [6.45, 7) is 0. The zero-order chi connectivity index (χ0) is 14.0. The van der Waals surface area contributed by atoms with Crippen LogP contribution in [0.1, 0.15) is 16.2 Å². The van der Waals surface area contributed by atoms with E-state index in [2.05, 4.69) is 26.2 Å². The molecule has 0 spiro atoms. The van der Waals surface area contributed by atoms with Crippen LogP contribution in [-0.2, 0) is 11.2 Å². The first-order valence-corrected chi connectivity index (χ1v) is 5.94. The zero-order valence-corrected chi connectivity index (χ0v) is 11.0. The van der Waals surface area contributed by atoms with Crippen LogP contribution in [0.15, 0.2) is 28.7 Å². The van der Waals surface area contributed by atoms with Gasteiger partial charge in [-0.1, -0.05) is 21.1 Å². The lowest BCUT2D eigenvalue weighted by molar-refractivity contribution is -0.136. The molecule has 2 rings (SSSR count). The maximum atomic E-state index is 11.0. The van der Waals surface area contributed by atoms with Gasteiger partial charge in [0.1, 0.15) is 0 Å². The Morgan fingerprint density at radius 1 is 1.21 bits per heavy atom. The van der Waals surface area contributed by atoms with Crippen molar-refractivity contribution in [3.05, 3.63) is 40.1 Å². The van der Waals surface area contributed by atoms with Crippen molar-refractivity contribution in [2.45, 2.75) is 6.42 Å². The molecule has 0 aliphatic rings. The highest BCUT2D eigenvalue weighted by atomic mass is 79.9. The fourth-order valence-electron chi connectivity index (χ4n) is 1.56. The number of carbonyl (C=O) groups is 2. The lowest BCUT2D eigenvalue weighted by Crippen LogP contribution is -2.12. The van der Waals surface area contributed by atoms with Crippen molar-refractivity contribution in [1.29, 1.82) is 0 Å². The van der Waals surface area contributed by atoms with E-state index in [1.54, 1.807) is 24.3 Å². The van der Waals surface area contributed by atoms with Gasteiger partial charge in [0, 0.05) is 4.47 Å². The van der Waals surface area contributed by atoms with Gasteiger partial charge in [0.15, 0.2) is 5.69 Å². The summed E-state index contributed by atoms with van der Waals surface area (Å²) in [5.74, 6) is -2.46. The van der Waals surface area contributed by atoms with Crippen LogP contribution in [0.5, 0.6) is 0 Å². The van der Waals surface area contributed by atoms with E-state index < -0.39 is 18.4 Å². The van der Waals surface area contributed by atoms with Crippen LogP contribution in [0.2, 0.25) is 0 Å². The molecular formula is C11H8BrN3O4. The Kier molecular flexibility index (Phi) is 3.61. The smallest absolute Gasteiger partial charge is 0.358 e. The zero-order valence-electron chi connectivity index (χ0n) is 9.45. The Bertz CT molecular complexity index is 636. The van der Waals surface area contributed by atoms with Gasteiger partial charge in [0.2, 0.25) is 0 Å². The van der Waals surface area contributed by atoms with Gasteiger partial charge in [0.05, 0.1) is 17.8 Å². The van der Waals surface area contributed by atoms with Crippen molar-refractivity contribution in [2.75, 3.05) is 0 Å². The Labute approximate surface area is 115 Å². The summed E-state index contributed by atoms with van der Waals surface area (Å²) in [5.41, 5.74) is 0.215. The first kappa shape index (κ1) is 13.2. The third-order valence-corrected chi connectivity index (χ3v) is 2.88. The summed E-state index contributed by atoms with van der Waals surface area (Å²) in [6, 6.07) is 6.83. The van der Waals surface area contributed by atoms with E-state index in [9.17, 15) is 9.59 Å². The molecule has 1 aromatic carbocycles. The van der Waals surface area contributed by atoms with Gasteiger partial charge in [-0.3, -0.25) is 4.79 Å². The second kappa shape index (κ2) is 5.19. The molecule has 0 bridgehead atoms. The molecule has 0 aliphatic heterocycles. The van der Waals surface area contributed by atoms with Crippen molar-refractivity contribution in [2.24, 2.45) is 0 Å². The topological polar surface area (TPSA) is 105 Å². The van der Waals surface area contributed by atoms with Gasteiger partial charge in [-0.2, -0.15) is 0 Å². The molecule has 19 heavy (non-hydrogen) atoms. The van der Waals surface area contributed by atoms with E-state index in [-0.39, 0.29) is 11.4 Å². The highest BCUT2D eigenvalue weighted by Crippen LogP contribution is 2.17. The van der Waals surface area contributed by atoms with E-state index in [0.29, 0.717) is 5.69 Å². The number of aliphatic carboxylic acids is 1. The number of halogens is 1. The number of aromatic carboxylic acids is 1. The molecule has 0 unspecified atom stereocenters. The number of carboxylic acids is 2. The van der Waals surface area contributed by atoms with Gasteiger partial charge in [-0.15, -0.1) is 5.10 Å². The van der Waals surface area contributed by atoms with Gasteiger partial charge >= 0.3 is 11.9 Å². The van der Waals surface area contributed by atoms with Crippen molar-refractivity contribution in [3.63, 3.8) is 0 Å². The highest BCUT2D eigenvalue weighted by Gasteiger charge is 2.21. The normalized spacial score (nSPS) is 10.4. The number of carboxylic acid groups (broad SMARTS) is 2. The van der Waals surface area contributed by atoms with Crippen LogP contribution >= 0.6 is 15.9 Å². The minimum Gasteiger partial charge on any atom is -0.481 e. The summed E-state index contributed by atoms with van der Waals surface area (Å²) in [5, 5.41) is 25.0. The largest absolute Gasteiger partial charge is 0.481 e. The summed E-state index contributed by atoms with van der Waals surface area (Å²) >= 11 is 3.27. The maximum absolute atomic E-state index is 11.0. The molecule has 1 aromatic heterocycles. The molecule has 0 radical (unpaired) electrons. The number of aromatic nitrogens is 3. The van der Waals surface area contributed by atoms with Crippen LogP contribution in [0.3, 0.4) is 0 Å². The van der Waals surface area contributed by atoms with Crippen LogP contribution in [0.4, 0.5) is 0 Å². The minimum absolute atomic E-state index is 0.0299. The first-order valence-electron chi connectivity index (χ1n) is 5.14. The molecular weight excluding hydrogens is 318 g/mol. The van der Waals surface area contributed by atoms with Crippen LogP contribution in [0.25, 0.3) is 5.69 Å². The fourth-order valence-corrected chi connectivity index (χ4v) is 1.82. The molecule has 98 valence electrons. The van der Waals surface area contributed by atoms with Crippen LogP contribution < -0.4 is 0 Å². The highest BCUT2D eigenvalue weighted by molar-refractivity contribution is 9.10. The summed E-state index contributed by atoms with van der Waals surface area (Å²) < 4.78 is 2.05. The number of hydrogen-bond donors (Lipinski definition) is 2. The lowest BCUT2D eigenvalue weighted by Gasteiger charge is -2.05. The monoisotopic (exact) mass is 325 g/mol.